The van der Waals surface area contributed by atoms with Crippen molar-refractivity contribution in [2.45, 2.75) is 71.2 Å². The minimum Gasteiger partial charge on any atom is -0.433 e. The van der Waals surface area contributed by atoms with Crippen LogP contribution < -0.4 is 0 Å². The van der Waals surface area contributed by atoms with E-state index in [-0.39, 0.29) is 34.6 Å². The maximum Gasteiger partial charge on any atom is 0.338 e. The highest BCUT2D eigenvalue weighted by molar-refractivity contribution is 5.78. The fourth-order valence-electron chi connectivity index (χ4n) is 6.94. The molecule has 0 radical (unpaired) electrons. The summed E-state index contributed by atoms with van der Waals surface area (Å²) in [6, 6.07) is 0. The summed E-state index contributed by atoms with van der Waals surface area (Å²) in [6.07, 6.45) is 5.82. The van der Waals surface area contributed by atoms with Crippen LogP contribution in [0, 0.1) is 34.5 Å². The molecule has 2 aliphatic carbocycles. The Morgan fingerprint density at radius 2 is 2.00 bits per heavy atom. The predicted octanol–water partition coefficient (Wildman–Crippen LogP) is 2.63. The Morgan fingerprint density at radius 3 is 2.76 bits per heavy atom. The van der Waals surface area contributed by atoms with E-state index in [0.717, 1.165) is 6.42 Å². The zero-order valence-electron chi connectivity index (χ0n) is 15.4. The van der Waals surface area contributed by atoms with Gasteiger partial charge in [-0.3, -0.25) is 0 Å². The fraction of sp³-hybridized carbons (Fsp3) is 0.850. The molecule has 9 unspecified atom stereocenters. The second-order valence-corrected chi connectivity index (χ2v) is 9.73. The first kappa shape index (κ1) is 16.3. The van der Waals surface area contributed by atoms with Gasteiger partial charge in [0.25, 0.3) is 0 Å². The van der Waals surface area contributed by atoms with Crippen LogP contribution in [0.5, 0.6) is 0 Å². The van der Waals surface area contributed by atoms with Crippen molar-refractivity contribution in [3.05, 3.63) is 12.2 Å². The number of carbonyl (C=O) groups excluding carboxylic acids is 1. The normalized spacial score (nSPS) is 58.3. The molecule has 0 amide bonds. The number of hydrogen-bond acceptors (Lipinski definition) is 5. The molecular formula is C20H28O5. The van der Waals surface area contributed by atoms with Crippen molar-refractivity contribution in [1.29, 1.82) is 0 Å². The Hall–Kier alpha value is -0.910. The van der Waals surface area contributed by atoms with Gasteiger partial charge in [0.05, 0.1) is 17.4 Å². The van der Waals surface area contributed by atoms with Crippen LogP contribution in [0.3, 0.4) is 0 Å². The average Bonchev–Trinajstić information content (AvgIpc) is 3.12. The lowest BCUT2D eigenvalue weighted by atomic mass is 9.47. The van der Waals surface area contributed by atoms with Crippen molar-refractivity contribution in [2.75, 3.05) is 0 Å². The first-order chi connectivity index (χ1) is 11.7. The molecule has 1 spiro atoms. The van der Waals surface area contributed by atoms with Crippen molar-refractivity contribution in [1.82, 2.24) is 0 Å². The van der Waals surface area contributed by atoms with Gasteiger partial charge < -0.3 is 19.3 Å². The number of hydrogen-bond donors (Lipinski definition) is 1. The minimum atomic E-state index is -0.947. The van der Waals surface area contributed by atoms with Crippen LogP contribution in [0.25, 0.3) is 0 Å². The molecule has 1 saturated carbocycles. The van der Waals surface area contributed by atoms with Gasteiger partial charge in [0.1, 0.15) is 0 Å². The van der Waals surface area contributed by atoms with Crippen molar-refractivity contribution in [3.63, 3.8) is 0 Å². The van der Waals surface area contributed by atoms with E-state index in [1.165, 1.54) is 12.8 Å². The largest absolute Gasteiger partial charge is 0.433 e. The highest BCUT2D eigenvalue weighted by Crippen LogP contribution is 2.66. The van der Waals surface area contributed by atoms with Gasteiger partial charge in [-0.25, -0.2) is 4.79 Å². The number of rotatable bonds is 0. The molecule has 0 aromatic rings. The molecule has 3 heterocycles. The van der Waals surface area contributed by atoms with Crippen LogP contribution in [0.4, 0.5) is 0 Å². The highest BCUT2D eigenvalue weighted by Gasteiger charge is 2.73. The maximum absolute atomic E-state index is 12.2. The Morgan fingerprint density at radius 1 is 1.24 bits per heavy atom. The Balaban J connectivity index is 1.62. The summed E-state index contributed by atoms with van der Waals surface area (Å²) in [7, 11) is 0. The molecule has 4 fully saturated rings. The van der Waals surface area contributed by atoms with Gasteiger partial charge >= 0.3 is 5.97 Å². The van der Waals surface area contributed by atoms with E-state index in [2.05, 4.69) is 39.8 Å². The second kappa shape index (κ2) is 4.68. The third-order valence-corrected chi connectivity index (χ3v) is 8.28. The summed E-state index contributed by atoms with van der Waals surface area (Å²) in [5, 5.41) is 10.6. The Labute approximate surface area is 148 Å². The second-order valence-electron chi connectivity index (χ2n) is 9.73. The smallest absolute Gasteiger partial charge is 0.338 e. The zero-order valence-corrected chi connectivity index (χ0v) is 15.4. The zero-order chi connectivity index (χ0) is 17.8. The van der Waals surface area contributed by atoms with Crippen molar-refractivity contribution in [2.24, 2.45) is 34.5 Å². The average molecular weight is 348 g/mol. The van der Waals surface area contributed by atoms with Gasteiger partial charge in [0, 0.05) is 0 Å². The summed E-state index contributed by atoms with van der Waals surface area (Å²) in [5.74, 6) is -0.134. The quantitative estimate of drug-likeness (QED) is 0.538. The van der Waals surface area contributed by atoms with Crippen LogP contribution in [0.2, 0.25) is 0 Å². The van der Waals surface area contributed by atoms with E-state index in [4.69, 9.17) is 14.2 Å². The molecule has 0 bridgehead atoms. The number of allylic oxidation sites excluding steroid dienone is 1. The number of fused-ring (bicyclic) bond motifs is 2. The first-order valence-corrected chi connectivity index (χ1v) is 9.62. The van der Waals surface area contributed by atoms with E-state index < -0.39 is 24.3 Å². The number of esters is 1. The van der Waals surface area contributed by atoms with E-state index in [0.29, 0.717) is 5.92 Å². The third-order valence-electron chi connectivity index (χ3n) is 8.28. The predicted molar refractivity (Wildman–Crippen MR) is 89.1 cm³/mol. The Kier molecular flexibility index (Phi) is 3.04. The summed E-state index contributed by atoms with van der Waals surface area (Å²) < 4.78 is 17.3. The summed E-state index contributed by atoms with van der Waals surface area (Å²) >= 11 is 0. The molecule has 0 aromatic carbocycles. The van der Waals surface area contributed by atoms with Crippen LogP contribution in [0.15, 0.2) is 12.2 Å². The fourth-order valence-corrected chi connectivity index (χ4v) is 6.94. The molecule has 5 rings (SSSR count). The molecular weight excluding hydrogens is 320 g/mol. The van der Waals surface area contributed by atoms with Crippen LogP contribution >= 0.6 is 0 Å². The molecule has 5 nitrogen and oxygen atoms in total. The van der Waals surface area contributed by atoms with Crippen LogP contribution in [0.1, 0.15) is 47.0 Å². The van der Waals surface area contributed by atoms with Gasteiger partial charge in [0.15, 0.2) is 12.4 Å². The lowest BCUT2D eigenvalue weighted by Gasteiger charge is -2.59. The summed E-state index contributed by atoms with van der Waals surface area (Å²) in [4.78, 5) is 12.2. The van der Waals surface area contributed by atoms with Crippen LogP contribution in [-0.4, -0.2) is 35.4 Å². The molecule has 5 aliphatic rings. The monoisotopic (exact) mass is 348 g/mol. The number of ether oxygens (including phenoxy) is 3. The molecule has 5 heteroatoms. The van der Waals surface area contributed by atoms with Crippen molar-refractivity contribution in [3.8, 4) is 0 Å². The van der Waals surface area contributed by atoms with Crippen molar-refractivity contribution < 1.29 is 24.1 Å². The standard InChI is InChI=1S/C20H28O5/c1-10-19(4)8-5-7-18(2,3)11(19)6-9-20(10)13-12-14(25-20)16(22)24-17(12)23-15(13)21/h6,9-15,17,21H,5,7-8H2,1-4H3. The lowest BCUT2D eigenvalue weighted by molar-refractivity contribution is -0.201. The van der Waals surface area contributed by atoms with Gasteiger partial charge in [-0.05, 0) is 35.5 Å². The van der Waals surface area contributed by atoms with E-state index in [1.54, 1.807) is 0 Å². The molecule has 9 atom stereocenters. The van der Waals surface area contributed by atoms with Gasteiger partial charge in [-0.15, -0.1) is 0 Å². The van der Waals surface area contributed by atoms with E-state index >= 15 is 0 Å². The van der Waals surface area contributed by atoms with Crippen molar-refractivity contribution >= 4 is 5.97 Å². The van der Waals surface area contributed by atoms with E-state index in [9.17, 15) is 9.90 Å². The molecule has 25 heavy (non-hydrogen) atoms. The molecule has 3 aliphatic heterocycles. The topological polar surface area (TPSA) is 65.0 Å². The maximum atomic E-state index is 12.2. The molecule has 0 aromatic heterocycles. The minimum absolute atomic E-state index is 0.0802. The van der Waals surface area contributed by atoms with Gasteiger partial charge in [0.2, 0.25) is 6.29 Å². The first-order valence-electron chi connectivity index (χ1n) is 9.62. The van der Waals surface area contributed by atoms with Gasteiger partial charge in [-0.2, -0.15) is 0 Å². The molecule has 138 valence electrons. The Bertz CT molecular complexity index is 656. The van der Waals surface area contributed by atoms with Gasteiger partial charge in [-0.1, -0.05) is 46.3 Å². The van der Waals surface area contributed by atoms with Crippen LogP contribution in [-0.2, 0) is 19.0 Å². The SMILES string of the molecule is CC1C2(C)CCCC(C)(C)C2C=CC12OC1C(=O)OC3OC(O)C2C31. The number of aliphatic hydroxyl groups excluding tert-OH is 1. The summed E-state index contributed by atoms with van der Waals surface area (Å²) in [5.41, 5.74) is -0.321. The highest BCUT2D eigenvalue weighted by atomic mass is 16.8. The summed E-state index contributed by atoms with van der Waals surface area (Å²) in [6.45, 7) is 9.32. The lowest BCUT2D eigenvalue weighted by Crippen LogP contribution is -2.58. The third kappa shape index (κ3) is 1.77. The molecule has 1 N–H and O–H groups in total. The number of aliphatic hydroxyl groups is 1. The number of carbonyl (C=O) groups is 1. The van der Waals surface area contributed by atoms with E-state index in [1.807, 2.05) is 0 Å². The molecule has 3 saturated heterocycles.